The van der Waals surface area contributed by atoms with Gasteiger partial charge in [-0.25, -0.2) is 13.1 Å². The quantitative estimate of drug-likeness (QED) is 0.497. The first-order valence-electron chi connectivity index (χ1n) is 7.96. The minimum absolute atomic E-state index is 0.265. The highest BCUT2D eigenvalue weighted by Crippen LogP contribution is 2.06. The maximum atomic E-state index is 11.7. The summed E-state index contributed by atoms with van der Waals surface area (Å²) in [5.74, 6) is 0.265. The molecule has 0 unspecified atom stereocenters. The van der Waals surface area contributed by atoms with Crippen molar-refractivity contribution in [2.75, 3.05) is 12.3 Å². The Morgan fingerprint density at radius 2 is 1.50 bits per heavy atom. The Morgan fingerprint density at radius 3 is 2.15 bits per heavy atom. The Balaban J connectivity index is 3.38. The normalized spacial score (nSPS) is 11.4. The molecule has 0 bridgehead atoms. The maximum Gasteiger partial charge on any atom is 0.211 e. The van der Waals surface area contributed by atoms with Gasteiger partial charge < -0.3 is 0 Å². The summed E-state index contributed by atoms with van der Waals surface area (Å²) in [4.78, 5) is 0. The predicted molar refractivity (Wildman–Crippen MR) is 83.9 cm³/mol. The molecule has 118 valence electrons. The van der Waals surface area contributed by atoms with Crippen molar-refractivity contribution in [2.45, 2.75) is 77.6 Å². The molecule has 0 radical (unpaired) electrons. The molecule has 0 heterocycles. The van der Waals surface area contributed by atoms with Gasteiger partial charge in [-0.15, -0.1) is 0 Å². The molecule has 5 heteroatoms. The van der Waals surface area contributed by atoms with E-state index in [-0.39, 0.29) is 5.75 Å². The molecule has 20 heavy (non-hydrogen) atoms. The van der Waals surface area contributed by atoms with Gasteiger partial charge in [0.05, 0.1) is 11.8 Å². The van der Waals surface area contributed by atoms with Gasteiger partial charge in [-0.2, -0.15) is 5.26 Å². The van der Waals surface area contributed by atoms with Crippen molar-refractivity contribution in [1.29, 1.82) is 5.26 Å². The van der Waals surface area contributed by atoms with Crippen LogP contribution in [0.4, 0.5) is 0 Å². The lowest BCUT2D eigenvalue weighted by Gasteiger charge is -2.06. The van der Waals surface area contributed by atoms with E-state index in [9.17, 15) is 8.42 Å². The molecule has 0 aliphatic rings. The molecule has 0 saturated carbocycles. The topological polar surface area (TPSA) is 70.0 Å². The predicted octanol–water partition coefficient (Wildman–Crippen LogP) is 3.74. The number of hydrogen-bond acceptors (Lipinski definition) is 3. The second-order valence-corrected chi connectivity index (χ2v) is 7.23. The van der Waals surface area contributed by atoms with E-state index in [1.54, 1.807) is 0 Å². The fourth-order valence-corrected chi connectivity index (χ4v) is 3.24. The molecule has 0 aliphatic carbocycles. The second kappa shape index (κ2) is 13.4. The lowest BCUT2D eigenvalue weighted by molar-refractivity contribution is 0.561. The lowest BCUT2D eigenvalue weighted by atomic mass is 10.1. The third kappa shape index (κ3) is 13.8. The van der Waals surface area contributed by atoms with Gasteiger partial charge in [0.15, 0.2) is 0 Å². The van der Waals surface area contributed by atoms with Crippen molar-refractivity contribution < 1.29 is 8.42 Å². The molecule has 0 aromatic rings. The van der Waals surface area contributed by atoms with Gasteiger partial charge in [0.1, 0.15) is 0 Å². The first-order chi connectivity index (χ1) is 9.62. The molecule has 0 spiro atoms. The Morgan fingerprint density at radius 1 is 0.900 bits per heavy atom. The molecular weight excluding hydrogens is 272 g/mol. The van der Waals surface area contributed by atoms with Crippen LogP contribution in [0.1, 0.15) is 77.6 Å². The van der Waals surface area contributed by atoms with E-state index in [1.807, 2.05) is 0 Å². The zero-order valence-electron chi connectivity index (χ0n) is 12.9. The molecule has 0 atom stereocenters. The van der Waals surface area contributed by atoms with Gasteiger partial charge in [0.25, 0.3) is 0 Å². The molecule has 1 N–H and O–H groups in total. The van der Waals surface area contributed by atoms with Crippen molar-refractivity contribution in [3.8, 4) is 6.07 Å². The molecule has 0 amide bonds. The van der Waals surface area contributed by atoms with Gasteiger partial charge in [0.2, 0.25) is 10.0 Å². The van der Waals surface area contributed by atoms with Crippen LogP contribution in [0.3, 0.4) is 0 Å². The van der Waals surface area contributed by atoms with Gasteiger partial charge >= 0.3 is 0 Å². The largest absolute Gasteiger partial charge is 0.215 e. The highest BCUT2D eigenvalue weighted by Gasteiger charge is 2.08. The smallest absolute Gasteiger partial charge is 0.211 e. The maximum absolute atomic E-state index is 11.7. The van der Waals surface area contributed by atoms with Crippen LogP contribution in [0.15, 0.2) is 0 Å². The van der Waals surface area contributed by atoms with Crippen molar-refractivity contribution in [1.82, 2.24) is 4.72 Å². The molecule has 0 aromatic heterocycles. The van der Waals surface area contributed by atoms with Gasteiger partial charge in [-0.05, 0) is 19.3 Å². The summed E-state index contributed by atoms with van der Waals surface area (Å²) in [6, 6.07) is 2.14. The summed E-state index contributed by atoms with van der Waals surface area (Å²) in [5.41, 5.74) is 0. The number of nitriles is 1. The standard InChI is InChI=1S/C15H30N2O2S/c1-2-3-4-12-15-20(18,19)17-14-11-9-7-5-6-8-10-13-16/h17H,2-12,14-15H2,1H3. The molecule has 0 rings (SSSR count). The van der Waals surface area contributed by atoms with E-state index in [1.165, 1.54) is 0 Å². The number of nitrogens with zero attached hydrogens (tertiary/aromatic N) is 1. The lowest BCUT2D eigenvalue weighted by Crippen LogP contribution is -2.27. The van der Waals surface area contributed by atoms with E-state index in [2.05, 4.69) is 17.7 Å². The van der Waals surface area contributed by atoms with Crippen LogP contribution < -0.4 is 4.72 Å². The number of nitrogens with one attached hydrogen (secondary N) is 1. The fraction of sp³-hybridized carbons (Fsp3) is 0.933. The third-order valence-corrected chi connectivity index (χ3v) is 4.77. The summed E-state index contributed by atoms with van der Waals surface area (Å²) in [6.45, 7) is 2.68. The Bertz CT molecular complexity index is 347. The first-order valence-corrected chi connectivity index (χ1v) is 9.62. The van der Waals surface area contributed by atoms with E-state index in [0.29, 0.717) is 13.0 Å². The van der Waals surface area contributed by atoms with E-state index >= 15 is 0 Å². The van der Waals surface area contributed by atoms with Gasteiger partial charge in [-0.3, -0.25) is 0 Å². The summed E-state index contributed by atoms with van der Waals surface area (Å²) >= 11 is 0. The zero-order valence-corrected chi connectivity index (χ0v) is 13.7. The monoisotopic (exact) mass is 302 g/mol. The fourth-order valence-electron chi connectivity index (χ4n) is 2.05. The second-order valence-electron chi connectivity index (χ2n) is 5.30. The highest BCUT2D eigenvalue weighted by molar-refractivity contribution is 7.89. The summed E-state index contributed by atoms with van der Waals surface area (Å²) < 4.78 is 26.0. The Labute approximate surface area is 125 Å². The van der Waals surface area contributed by atoms with Gasteiger partial charge in [0, 0.05) is 13.0 Å². The average Bonchev–Trinajstić information content (AvgIpc) is 2.42. The number of unbranched alkanes of at least 4 members (excludes halogenated alkanes) is 9. The molecule has 0 aromatic carbocycles. The first kappa shape index (κ1) is 19.4. The molecule has 0 aliphatic heterocycles. The number of rotatable bonds is 14. The molecular formula is C15H30N2O2S. The summed E-state index contributed by atoms with van der Waals surface area (Å²) in [7, 11) is -3.05. The van der Waals surface area contributed by atoms with E-state index in [4.69, 9.17) is 5.26 Å². The van der Waals surface area contributed by atoms with Crippen molar-refractivity contribution >= 4 is 10.0 Å². The minimum Gasteiger partial charge on any atom is -0.215 e. The molecule has 0 fully saturated rings. The van der Waals surface area contributed by atoms with E-state index in [0.717, 1.165) is 64.2 Å². The summed E-state index contributed by atoms with van der Waals surface area (Å²) in [6.07, 6.45) is 11.0. The number of hydrogen-bond donors (Lipinski definition) is 1. The van der Waals surface area contributed by atoms with E-state index < -0.39 is 10.0 Å². The average molecular weight is 302 g/mol. The van der Waals surface area contributed by atoms with Crippen LogP contribution in [0.5, 0.6) is 0 Å². The number of sulfonamides is 1. The van der Waals surface area contributed by atoms with Crippen LogP contribution in [0.25, 0.3) is 0 Å². The minimum atomic E-state index is -3.05. The third-order valence-electron chi connectivity index (χ3n) is 3.30. The van der Waals surface area contributed by atoms with Crippen molar-refractivity contribution in [3.63, 3.8) is 0 Å². The van der Waals surface area contributed by atoms with Gasteiger partial charge in [-0.1, -0.05) is 51.9 Å². The summed E-state index contributed by atoms with van der Waals surface area (Å²) in [5, 5.41) is 8.39. The highest BCUT2D eigenvalue weighted by atomic mass is 32.2. The van der Waals surface area contributed by atoms with Crippen LogP contribution in [0, 0.1) is 11.3 Å². The molecule has 4 nitrogen and oxygen atoms in total. The van der Waals surface area contributed by atoms with Crippen molar-refractivity contribution in [2.24, 2.45) is 0 Å². The van der Waals surface area contributed by atoms with Crippen LogP contribution in [-0.4, -0.2) is 20.7 Å². The van der Waals surface area contributed by atoms with Crippen molar-refractivity contribution in [3.05, 3.63) is 0 Å². The zero-order chi connectivity index (χ0) is 15.1. The SMILES string of the molecule is CCCCCCS(=O)(=O)NCCCCCCCCC#N. The molecule has 0 saturated heterocycles. The Kier molecular flexibility index (Phi) is 13.0. The van der Waals surface area contributed by atoms with Crippen LogP contribution in [0.2, 0.25) is 0 Å². The Hall–Kier alpha value is -0.600. The van der Waals surface area contributed by atoms with Crippen LogP contribution in [-0.2, 0) is 10.0 Å². The van der Waals surface area contributed by atoms with Crippen LogP contribution >= 0.6 is 0 Å².